The molecule has 0 saturated heterocycles. The van der Waals surface area contributed by atoms with Gasteiger partial charge in [-0.2, -0.15) is 0 Å². The summed E-state index contributed by atoms with van der Waals surface area (Å²) in [6.07, 6.45) is 7.33. The van der Waals surface area contributed by atoms with Crippen molar-refractivity contribution in [1.29, 1.82) is 0 Å². The van der Waals surface area contributed by atoms with Crippen LogP contribution in [0.3, 0.4) is 0 Å². The first-order valence-corrected chi connectivity index (χ1v) is 9.05. The van der Waals surface area contributed by atoms with Gasteiger partial charge in [0.05, 0.1) is 12.4 Å². The number of sulfonamides is 1. The maximum absolute atomic E-state index is 12.2. The molecule has 1 aromatic heterocycles. The highest BCUT2D eigenvalue weighted by atomic mass is 32.2. The van der Waals surface area contributed by atoms with E-state index in [-0.39, 0.29) is 4.90 Å². The number of rotatable bonds is 6. The molecule has 2 rings (SSSR count). The molecule has 6 nitrogen and oxygen atoms in total. The van der Waals surface area contributed by atoms with Gasteiger partial charge in [0.2, 0.25) is 16.0 Å². The van der Waals surface area contributed by atoms with Gasteiger partial charge >= 0.3 is 0 Å². The highest BCUT2D eigenvalue weighted by molar-refractivity contribution is 7.89. The summed E-state index contributed by atoms with van der Waals surface area (Å²) in [6, 6.07) is 0. The fourth-order valence-electron chi connectivity index (χ4n) is 2.76. The van der Waals surface area contributed by atoms with E-state index < -0.39 is 10.0 Å². The highest BCUT2D eigenvalue weighted by Gasteiger charge is 2.22. The van der Waals surface area contributed by atoms with Crippen LogP contribution in [0, 0.1) is 11.8 Å². The summed E-state index contributed by atoms with van der Waals surface area (Å²) < 4.78 is 27.1. The van der Waals surface area contributed by atoms with E-state index in [2.05, 4.69) is 26.9 Å². The first-order chi connectivity index (χ1) is 10.0. The van der Waals surface area contributed by atoms with E-state index in [0.717, 1.165) is 12.8 Å². The van der Waals surface area contributed by atoms with Crippen molar-refractivity contribution in [3.63, 3.8) is 0 Å². The molecule has 2 atom stereocenters. The summed E-state index contributed by atoms with van der Waals surface area (Å²) in [5, 5.41) is 2.94. The lowest BCUT2D eigenvalue weighted by atomic mass is 9.83. The van der Waals surface area contributed by atoms with Gasteiger partial charge in [-0.05, 0) is 31.6 Å². The van der Waals surface area contributed by atoms with Crippen LogP contribution >= 0.6 is 0 Å². The van der Waals surface area contributed by atoms with Crippen molar-refractivity contribution in [3.8, 4) is 0 Å². The lowest BCUT2D eigenvalue weighted by Gasteiger charge is -2.26. The Morgan fingerprint density at radius 3 is 2.62 bits per heavy atom. The first kappa shape index (κ1) is 16.2. The average Bonchev–Trinajstić information content (AvgIpc) is 2.46. The van der Waals surface area contributed by atoms with Gasteiger partial charge in [-0.15, -0.1) is 0 Å². The van der Waals surface area contributed by atoms with E-state index >= 15 is 0 Å². The summed E-state index contributed by atoms with van der Waals surface area (Å²) >= 11 is 0. The van der Waals surface area contributed by atoms with Crippen molar-refractivity contribution in [1.82, 2.24) is 14.7 Å². The third kappa shape index (κ3) is 4.64. The largest absolute Gasteiger partial charge is 0.355 e. The van der Waals surface area contributed by atoms with Crippen LogP contribution in [0.2, 0.25) is 0 Å². The van der Waals surface area contributed by atoms with E-state index in [1.807, 2.05) is 6.92 Å². The van der Waals surface area contributed by atoms with Gasteiger partial charge in [-0.1, -0.05) is 19.8 Å². The van der Waals surface area contributed by atoms with Crippen molar-refractivity contribution in [3.05, 3.63) is 12.4 Å². The van der Waals surface area contributed by atoms with Crippen molar-refractivity contribution in [2.24, 2.45) is 11.8 Å². The lowest BCUT2D eigenvalue weighted by Crippen LogP contribution is -2.31. The van der Waals surface area contributed by atoms with Gasteiger partial charge in [0.15, 0.2) is 0 Å². The normalized spacial score (nSPS) is 23.0. The molecule has 0 bridgehead atoms. The molecule has 2 N–H and O–H groups in total. The molecule has 1 aliphatic carbocycles. The third-order valence-electron chi connectivity index (χ3n) is 3.88. The molecular formula is C14H24N4O2S. The molecule has 118 valence electrons. The number of hydrogen-bond donors (Lipinski definition) is 2. The Morgan fingerprint density at radius 2 is 2.00 bits per heavy atom. The Hall–Kier alpha value is -1.21. The van der Waals surface area contributed by atoms with Gasteiger partial charge in [-0.3, -0.25) is 0 Å². The molecule has 1 heterocycles. The van der Waals surface area contributed by atoms with Crippen molar-refractivity contribution < 1.29 is 8.42 Å². The number of anilines is 1. The molecule has 1 saturated carbocycles. The van der Waals surface area contributed by atoms with Crippen molar-refractivity contribution in [2.45, 2.75) is 44.4 Å². The summed E-state index contributed by atoms with van der Waals surface area (Å²) in [6.45, 7) is 5.36. The van der Waals surface area contributed by atoms with Gasteiger partial charge < -0.3 is 5.32 Å². The zero-order valence-electron chi connectivity index (χ0n) is 12.7. The molecule has 1 aromatic rings. The van der Waals surface area contributed by atoms with E-state index in [1.165, 1.54) is 25.2 Å². The van der Waals surface area contributed by atoms with Gasteiger partial charge in [0, 0.05) is 13.1 Å². The van der Waals surface area contributed by atoms with Crippen LogP contribution in [0.25, 0.3) is 0 Å². The molecule has 1 fully saturated rings. The minimum absolute atomic E-state index is 0.119. The topological polar surface area (TPSA) is 84.0 Å². The SMILES string of the molecule is CCNc1ncc(S(=O)(=O)NCC2CCCC(C)C2)cn1. The number of nitrogens with one attached hydrogen (secondary N) is 2. The molecule has 0 amide bonds. The van der Waals surface area contributed by atoms with Crippen LogP contribution in [0.15, 0.2) is 17.3 Å². The lowest BCUT2D eigenvalue weighted by molar-refractivity contribution is 0.283. The maximum atomic E-state index is 12.2. The third-order valence-corrected chi connectivity index (χ3v) is 5.26. The second-order valence-electron chi connectivity index (χ2n) is 5.76. The zero-order valence-corrected chi connectivity index (χ0v) is 13.5. The fraction of sp³-hybridized carbons (Fsp3) is 0.714. The monoisotopic (exact) mass is 312 g/mol. The highest BCUT2D eigenvalue weighted by Crippen LogP contribution is 2.28. The van der Waals surface area contributed by atoms with Crippen LogP contribution in [0.4, 0.5) is 5.95 Å². The summed E-state index contributed by atoms with van der Waals surface area (Å²) in [5.74, 6) is 1.57. The molecule has 1 aliphatic rings. The summed E-state index contributed by atoms with van der Waals surface area (Å²) in [7, 11) is -3.51. The van der Waals surface area contributed by atoms with Crippen LogP contribution < -0.4 is 10.0 Å². The van der Waals surface area contributed by atoms with Gasteiger partial charge in [-0.25, -0.2) is 23.1 Å². The number of aromatic nitrogens is 2. The Labute approximate surface area is 126 Å². The molecule has 0 spiro atoms. The molecular weight excluding hydrogens is 288 g/mol. The fourth-order valence-corrected chi connectivity index (χ4v) is 3.77. The van der Waals surface area contributed by atoms with Crippen LogP contribution in [0.5, 0.6) is 0 Å². The first-order valence-electron chi connectivity index (χ1n) is 7.57. The van der Waals surface area contributed by atoms with Crippen LogP contribution in [-0.2, 0) is 10.0 Å². The minimum Gasteiger partial charge on any atom is -0.355 e. The molecule has 0 aliphatic heterocycles. The Morgan fingerprint density at radius 1 is 1.29 bits per heavy atom. The molecule has 2 unspecified atom stereocenters. The average molecular weight is 312 g/mol. The molecule has 7 heteroatoms. The quantitative estimate of drug-likeness (QED) is 0.839. The Balaban J connectivity index is 1.94. The van der Waals surface area contributed by atoms with Crippen LogP contribution in [-0.4, -0.2) is 31.5 Å². The standard InChI is InChI=1S/C14H24N4O2S/c1-3-15-14-16-9-13(10-17-14)21(19,20)18-8-12-6-4-5-11(2)7-12/h9-12,18H,3-8H2,1-2H3,(H,15,16,17). The zero-order chi connectivity index (χ0) is 15.3. The van der Waals surface area contributed by atoms with Crippen molar-refractivity contribution >= 4 is 16.0 Å². The maximum Gasteiger partial charge on any atom is 0.243 e. The van der Waals surface area contributed by atoms with E-state index in [1.54, 1.807) is 0 Å². The number of hydrogen-bond acceptors (Lipinski definition) is 5. The summed E-state index contributed by atoms with van der Waals surface area (Å²) in [5.41, 5.74) is 0. The Bertz CT molecular complexity index is 545. The predicted molar refractivity (Wildman–Crippen MR) is 82.5 cm³/mol. The van der Waals surface area contributed by atoms with Gasteiger partial charge in [0.25, 0.3) is 0 Å². The van der Waals surface area contributed by atoms with E-state index in [0.29, 0.717) is 30.9 Å². The Kier molecular flexibility index (Phi) is 5.52. The smallest absolute Gasteiger partial charge is 0.243 e. The minimum atomic E-state index is -3.51. The van der Waals surface area contributed by atoms with E-state index in [4.69, 9.17) is 0 Å². The second kappa shape index (κ2) is 7.17. The molecule has 21 heavy (non-hydrogen) atoms. The predicted octanol–water partition coefficient (Wildman–Crippen LogP) is 2.01. The van der Waals surface area contributed by atoms with E-state index in [9.17, 15) is 8.42 Å². The van der Waals surface area contributed by atoms with Crippen molar-refractivity contribution in [2.75, 3.05) is 18.4 Å². The molecule has 0 aromatic carbocycles. The molecule has 0 radical (unpaired) electrons. The number of nitrogens with zero attached hydrogens (tertiary/aromatic N) is 2. The van der Waals surface area contributed by atoms with Gasteiger partial charge in [0.1, 0.15) is 4.90 Å². The second-order valence-corrected chi connectivity index (χ2v) is 7.53. The summed E-state index contributed by atoms with van der Waals surface area (Å²) in [4.78, 5) is 8.12. The van der Waals surface area contributed by atoms with Crippen LogP contribution in [0.1, 0.15) is 39.5 Å².